The van der Waals surface area contributed by atoms with Gasteiger partial charge < -0.3 is 9.64 Å². The number of ether oxygens (including phenoxy) is 1. The van der Waals surface area contributed by atoms with E-state index < -0.39 is 23.9 Å². The molecule has 1 saturated heterocycles. The van der Waals surface area contributed by atoms with Crippen LogP contribution < -0.4 is 0 Å². The molecule has 172 valence electrons. The number of alkyl halides is 3. The van der Waals surface area contributed by atoms with Crippen molar-refractivity contribution in [1.29, 1.82) is 0 Å². The van der Waals surface area contributed by atoms with Crippen molar-refractivity contribution in [2.75, 3.05) is 13.1 Å². The Balaban J connectivity index is 1.56. The minimum atomic E-state index is -4.49. The molecule has 0 spiro atoms. The summed E-state index contributed by atoms with van der Waals surface area (Å²) in [5.74, 6) is -0.282. The number of halogens is 4. The number of nitrogens with zero attached hydrogens (tertiary/aromatic N) is 5. The van der Waals surface area contributed by atoms with Gasteiger partial charge in [0.05, 0.1) is 30.5 Å². The van der Waals surface area contributed by atoms with Crippen molar-refractivity contribution in [3.63, 3.8) is 0 Å². The molecule has 2 aromatic heterocycles. The lowest BCUT2D eigenvalue weighted by atomic mass is 10.1. The van der Waals surface area contributed by atoms with E-state index in [9.17, 15) is 18.0 Å². The second kappa shape index (κ2) is 9.32. The molecule has 7 nitrogen and oxygen atoms in total. The Morgan fingerprint density at radius 3 is 2.82 bits per heavy atom. The summed E-state index contributed by atoms with van der Waals surface area (Å²) < 4.78 is 46.8. The summed E-state index contributed by atoms with van der Waals surface area (Å²) in [5, 5.41) is 8.52. The highest BCUT2D eigenvalue weighted by atomic mass is 35.5. The molecule has 1 aliphatic rings. The summed E-state index contributed by atoms with van der Waals surface area (Å²) in [6.45, 7) is 3.85. The first-order valence-electron chi connectivity index (χ1n) is 9.97. The fourth-order valence-corrected chi connectivity index (χ4v) is 3.80. The fraction of sp³-hybridized carbons (Fsp3) is 0.273. The number of aromatic nitrogens is 4. The Hall–Kier alpha value is -3.24. The molecule has 33 heavy (non-hydrogen) atoms. The third-order valence-corrected chi connectivity index (χ3v) is 5.73. The van der Waals surface area contributed by atoms with Crippen LogP contribution in [0.2, 0.25) is 5.02 Å². The van der Waals surface area contributed by atoms with Crippen LogP contribution in [0.4, 0.5) is 13.2 Å². The average molecular weight is 478 g/mol. The van der Waals surface area contributed by atoms with Gasteiger partial charge in [0.15, 0.2) is 0 Å². The maximum absolute atomic E-state index is 13.1. The zero-order chi connectivity index (χ0) is 23.6. The minimum Gasteiger partial charge on any atom is -0.369 e. The molecule has 0 aliphatic carbocycles. The van der Waals surface area contributed by atoms with Gasteiger partial charge in [-0.3, -0.25) is 9.78 Å². The first-order valence-corrected chi connectivity index (χ1v) is 10.3. The lowest BCUT2D eigenvalue weighted by molar-refractivity contribution is -0.137. The molecule has 3 heterocycles. The number of hydrogen-bond donors (Lipinski definition) is 0. The Kier molecular flexibility index (Phi) is 6.48. The molecule has 1 amide bonds. The summed E-state index contributed by atoms with van der Waals surface area (Å²) in [6, 6.07) is 6.29. The van der Waals surface area contributed by atoms with E-state index in [4.69, 9.17) is 16.3 Å². The van der Waals surface area contributed by atoms with Gasteiger partial charge in [-0.2, -0.15) is 13.2 Å². The maximum atomic E-state index is 13.1. The first kappa shape index (κ1) is 22.9. The largest absolute Gasteiger partial charge is 0.416 e. The zero-order valence-electron chi connectivity index (χ0n) is 17.2. The highest BCUT2D eigenvalue weighted by Crippen LogP contribution is 2.33. The topological polar surface area (TPSA) is 73.1 Å². The number of likely N-dealkylation sites (tertiary alicyclic amines) is 1. The molecule has 1 aromatic carbocycles. The highest BCUT2D eigenvalue weighted by molar-refractivity contribution is 6.31. The zero-order valence-corrected chi connectivity index (χ0v) is 18.0. The van der Waals surface area contributed by atoms with Crippen LogP contribution in [0.5, 0.6) is 0 Å². The van der Waals surface area contributed by atoms with E-state index >= 15 is 0 Å². The number of hydrogen-bond acceptors (Lipinski definition) is 5. The van der Waals surface area contributed by atoms with Crippen molar-refractivity contribution in [3.8, 4) is 11.3 Å². The number of pyridine rings is 1. The minimum absolute atomic E-state index is 0.163. The number of carbonyl (C=O) groups is 1. The third kappa shape index (κ3) is 5.07. The SMILES string of the molecule is C=CC(=O)N1CC(OCc2cc(C(F)(F)F)ccc2Cl)C(n2cc(-c3cccnc3)nn2)C1. The van der Waals surface area contributed by atoms with Crippen molar-refractivity contribution in [3.05, 3.63) is 77.7 Å². The molecule has 1 fully saturated rings. The highest BCUT2D eigenvalue weighted by Gasteiger charge is 2.38. The van der Waals surface area contributed by atoms with Crippen LogP contribution in [-0.4, -0.2) is 50.0 Å². The van der Waals surface area contributed by atoms with Crippen LogP contribution in [0.15, 0.2) is 61.6 Å². The van der Waals surface area contributed by atoms with Crippen LogP contribution in [0, 0.1) is 0 Å². The monoisotopic (exact) mass is 477 g/mol. The number of benzene rings is 1. The quantitative estimate of drug-likeness (QED) is 0.498. The van der Waals surface area contributed by atoms with Crippen LogP contribution >= 0.6 is 11.6 Å². The third-order valence-electron chi connectivity index (χ3n) is 5.36. The molecule has 0 saturated carbocycles. The van der Waals surface area contributed by atoms with E-state index in [0.717, 1.165) is 17.7 Å². The molecule has 0 radical (unpaired) electrons. The maximum Gasteiger partial charge on any atom is 0.416 e. The molecule has 0 N–H and O–H groups in total. The molecule has 2 atom stereocenters. The second-order valence-corrected chi connectivity index (χ2v) is 7.90. The van der Waals surface area contributed by atoms with E-state index in [-0.39, 0.29) is 36.2 Å². The van der Waals surface area contributed by atoms with Crippen molar-refractivity contribution in [2.45, 2.75) is 24.9 Å². The summed E-state index contributed by atoms with van der Waals surface area (Å²) in [5.41, 5.74) is 0.757. The molecule has 2 unspecified atom stereocenters. The fourth-order valence-electron chi connectivity index (χ4n) is 3.63. The number of rotatable bonds is 6. The Bertz CT molecular complexity index is 1150. The van der Waals surface area contributed by atoms with Gasteiger partial charge >= 0.3 is 6.18 Å². The summed E-state index contributed by atoms with van der Waals surface area (Å²) >= 11 is 6.10. The van der Waals surface area contributed by atoms with Gasteiger partial charge in [-0.05, 0) is 42.0 Å². The number of carbonyl (C=O) groups excluding carboxylic acids is 1. The van der Waals surface area contributed by atoms with E-state index in [2.05, 4.69) is 21.9 Å². The van der Waals surface area contributed by atoms with Gasteiger partial charge in [-0.25, -0.2) is 4.68 Å². The van der Waals surface area contributed by atoms with Gasteiger partial charge in [0.25, 0.3) is 0 Å². The lowest BCUT2D eigenvalue weighted by Crippen LogP contribution is -2.28. The molecule has 0 bridgehead atoms. The first-order chi connectivity index (χ1) is 15.8. The standard InChI is InChI=1S/C22H19ClF3N5O2/c1-2-21(32)30-11-19(31-10-18(28-29-31)14-4-3-7-27-9-14)20(12-30)33-13-15-8-16(22(24,25)26)5-6-17(15)23/h2-10,19-20H,1,11-13H2. The van der Waals surface area contributed by atoms with Crippen molar-refractivity contribution < 1.29 is 22.7 Å². The van der Waals surface area contributed by atoms with E-state index in [1.54, 1.807) is 34.2 Å². The van der Waals surface area contributed by atoms with Crippen LogP contribution in [0.1, 0.15) is 17.2 Å². The lowest BCUT2D eigenvalue weighted by Gasteiger charge is -2.19. The molecule has 4 rings (SSSR count). The van der Waals surface area contributed by atoms with Crippen molar-refractivity contribution >= 4 is 17.5 Å². The molecular weight excluding hydrogens is 459 g/mol. The predicted molar refractivity (Wildman–Crippen MR) is 114 cm³/mol. The Morgan fingerprint density at radius 2 is 2.12 bits per heavy atom. The Morgan fingerprint density at radius 1 is 1.30 bits per heavy atom. The van der Waals surface area contributed by atoms with E-state index in [1.165, 1.54) is 12.1 Å². The van der Waals surface area contributed by atoms with Crippen molar-refractivity contribution in [2.24, 2.45) is 0 Å². The summed E-state index contributed by atoms with van der Waals surface area (Å²) in [4.78, 5) is 17.8. The Labute approximate surface area is 192 Å². The van der Waals surface area contributed by atoms with Gasteiger partial charge in [0, 0.05) is 36.1 Å². The summed E-state index contributed by atoms with van der Waals surface area (Å²) in [6.07, 6.45) is 1.17. The van der Waals surface area contributed by atoms with Gasteiger partial charge in [-0.15, -0.1) is 5.10 Å². The molecule has 3 aromatic rings. The van der Waals surface area contributed by atoms with Crippen LogP contribution in [0.3, 0.4) is 0 Å². The van der Waals surface area contributed by atoms with Gasteiger partial charge in [0.1, 0.15) is 5.69 Å². The smallest absolute Gasteiger partial charge is 0.369 e. The van der Waals surface area contributed by atoms with E-state index in [0.29, 0.717) is 5.69 Å². The average Bonchev–Trinajstić information content (AvgIpc) is 3.45. The predicted octanol–water partition coefficient (Wildman–Crippen LogP) is 4.17. The van der Waals surface area contributed by atoms with Gasteiger partial charge in [-0.1, -0.05) is 23.4 Å². The van der Waals surface area contributed by atoms with Crippen molar-refractivity contribution in [1.82, 2.24) is 24.9 Å². The normalized spacial score (nSPS) is 18.5. The van der Waals surface area contributed by atoms with Gasteiger partial charge in [0.2, 0.25) is 5.91 Å². The second-order valence-electron chi connectivity index (χ2n) is 7.49. The molecule has 11 heteroatoms. The number of amides is 1. The van der Waals surface area contributed by atoms with Crippen LogP contribution in [-0.2, 0) is 22.3 Å². The van der Waals surface area contributed by atoms with Crippen LogP contribution in [0.25, 0.3) is 11.3 Å². The molecule has 1 aliphatic heterocycles. The summed E-state index contributed by atoms with van der Waals surface area (Å²) in [7, 11) is 0. The molecular formula is C22H19ClF3N5O2. The van der Waals surface area contributed by atoms with E-state index in [1.807, 2.05) is 6.07 Å².